The fourth-order valence-corrected chi connectivity index (χ4v) is 13.7. The highest BCUT2D eigenvalue weighted by Gasteiger charge is 2.28. The zero-order chi connectivity index (χ0) is 99.2. The number of benzene rings is 3. The lowest BCUT2D eigenvalue weighted by Gasteiger charge is -2.10. The standard InChI is InChI=1S/C16H18O3S.C16H18O3.C13H14O3.C10H14O4.C10H10O4.C10H14O3S.C10H10O3S.C7H9ClO3.C6H7ClO3/c1-12(15(17)10-13-6-3-2-4-7-13)16(18)19-11-14-8-5-9-20-14;1-12(15(17)14-9-3-2-4-10-14)16(18)19-11-13-7-5-6-8-13;1-3-16-13(15)10(2)12(14)9-11-7-5-4-6-8-11;1-7(8(2)11)10(12)14-6-9-4-3-5-13-9;1-3-13-10(12)7(2)9(11)8-5-4-6-14-8;1-7(8(2)11)10(12)13-6-9-4-3-5-14-9;1-3-13-10(12)7(2)9(11)8-5-4-6-14-8;1-3-11-7(10)5(2)6(9)4-8;1-4(5(8)3-7)6(9)10-2/h2-4,6-7,14H,1,5,8-11H2;2-4,9-10,13H,1,5-8,11H2;4-8H,2-3,9H2,1H3;9H,1,3-6H2,2H3;4-6H,2-3H2,1H3;9H,1,3-6H2,2H3;4-6H,2-3H2,1H3;2-4H2,1H3;1,3H2,2H3. The van der Waals surface area contributed by atoms with Crippen LogP contribution in [0.4, 0.5) is 0 Å². The normalized spacial score (nSPS) is 13.8. The van der Waals surface area contributed by atoms with Crippen molar-refractivity contribution < 1.29 is 138 Å². The number of esters is 9. The summed E-state index contributed by atoms with van der Waals surface area (Å²) in [5.41, 5.74) is 1.04. The van der Waals surface area contributed by atoms with Gasteiger partial charge in [0.25, 0.3) is 0 Å². The molecule has 5 aromatic rings. The zero-order valence-corrected chi connectivity index (χ0v) is 79.3. The third-order valence-electron chi connectivity index (χ3n) is 17.9. The van der Waals surface area contributed by atoms with Crippen LogP contribution in [0.15, 0.2) is 241 Å². The Kier molecular flexibility index (Phi) is 60.6. The molecule has 1 saturated carbocycles. The van der Waals surface area contributed by atoms with Crippen LogP contribution < -0.4 is 0 Å². The first-order valence-corrected chi connectivity index (χ1v) is 45.5. The van der Waals surface area contributed by atoms with E-state index in [1.807, 2.05) is 90.3 Å². The van der Waals surface area contributed by atoms with Crippen molar-refractivity contribution in [2.75, 3.05) is 89.8 Å². The van der Waals surface area contributed by atoms with E-state index in [1.165, 1.54) is 70.3 Å². The molecular weight excluding hydrogens is 1810 g/mol. The molecule has 1 aliphatic carbocycles. The van der Waals surface area contributed by atoms with Gasteiger partial charge in [-0.15, -0.1) is 34.5 Å². The van der Waals surface area contributed by atoms with Gasteiger partial charge in [0.1, 0.15) is 36.5 Å². The van der Waals surface area contributed by atoms with E-state index in [-0.39, 0.29) is 154 Å². The highest BCUT2D eigenvalue weighted by atomic mass is 35.5. The fourth-order valence-electron chi connectivity index (χ4n) is 10.4. The molecule has 3 atom stereocenters. The number of Topliss-reactive ketones (excluding diaryl/α,β-unsaturated/α-hetero) is 9. The number of ether oxygens (including phenoxy) is 10. The summed E-state index contributed by atoms with van der Waals surface area (Å²) in [4.78, 5) is 202. The highest BCUT2D eigenvalue weighted by Crippen LogP contribution is 2.29. The van der Waals surface area contributed by atoms with Gasteiger partial charge in [-0.1, -0.05) is 169 Å². The maximum absolute atomic E-state index is 12.0. The summed E-state index contributed by atoms with van der Waals surface area (Å²) in [5, 5.41) is 2.54. The Morgan fingerprint density at radius 1 is 0.371 bits per heavy atom. The maximum Gasteiger partial charge on any atom is 0.341 e. The molecule has 4 fully saturated rings. The van der Waals surface area contributed by atoms with E-state index in [4.69, 9.17) is 56.0 Å². The van der Waals surface area contributed by atoms with Crippen LogP contribution in [-0.4, -0.2) is 212 Å². The lowest BCUT2D eigenvalue weighted by molar-refractivity contribution is -0.144. The molecule has 5 heterocycles. The maximum atomic E-state index is 12.0. The molecule has 0 N–H and O–H groups in total. The lowest BCUT2D eigenvalue weighted by atomic mass is 10.0. The molecule has 0 bridgehead atoms. The average Bonchev–Trinajstić information content (AvgIpc) is 1.80. The van der Waals surface area contributed by atoms with E-state index >= 15 is 0 Å². The van der Waals surface area contributed by atoms with Crippen molar-refractivity contribution in [2.24, 2.45) is 5.92 Å². The van der Waals surface area contributed by atoms with E-state index < -0.39 is 71.1 Å². The second-order valence-electron chi connectivity index (χ2n) is 27.8. The van der Waals surface area contributed by atoms with Crippen molar-refractivity contribution in [1.29, 1.82) is 0 Å². The second-order valence-corrected chi connectivity index (χ2v) is 32.1. The van der Waals surface area contributed by atoms with Crippen LogP contribution in [0.1, 0.15) is 147 Å². The van der Waals surface area contributed by atoms with Gasteiger partial charge < -0.3 is 51.8 Å². The first-order chi connectivity index (χ1) is 62.8. The second kappa shape index (κ2) is 67.9. The molecule has 4 aliphatic rings. The Labute approximate surface area is 791 Å². The number of carbonyl (C=O) groups excluding carboxylic acids is 18. The molecule has 3 unspecified atom stereocenters. The van der Waals surface area contributed by atoms with Gasteiger partial charge in [0.15, 0.2) is 46.2 Å². The van der Waals surface area contributed by atoms with Crippen molar-refractivity contribution in [2.45, 2.75) is 135 Å². The molecular formula is C98H114Cl2O29S3. The number of furan rings is 1. The lowest BCUT2D eigenvalue weighted by Crippen LogP contribution is -2.20. The van der Waals surface area contributed by atoms with E-state index in [0.29, 0.717) is 46.7 Å². The van der Waals surface area contributed by atoms with Crippen molar-refractivity contribution in [1.82, 2.24) is 0 Å². The summed E-state index contributed by atoms with van der Waals surface area (Å²) in [6, 6.07) is 33.6. The number of carbonyl (C=O) groups is 18. The highest BCUT2D eigenvalue weighted by molar-refractivity contribution is 8.00. The van der Waals surface area contributed by atoms with E-state index in [0.717, 1.165) is 67.8 Å². The molecule has 3 saturated heterocycles. The Morgan fingerprint density at radius 3 is 1.11 bits per heavy atom. The summed E-state index contributed by atoms with van der Waals surface area (Å²) in [6.45, 7) is 42.8. The number of rotatable bonds is 39. The molecule has 9 rings (SSSR count). The quantitative estimate of drug-likeness (QED) is 0.00670. The number of hydrogen-bond donors (Lipinski definition) is 0. The minimum Gasteiger partial charge on any atom is -0.465 e. The number of alkyl halides is 2. The van der Waals surface area contributed by atoms with E-state index in [9.17, 15) is 86.3 Å². The molecule has 712 valence electrons. The van der Waals surface area contributed by atoms with Crippen LogP contribution in [0, 0.1) is 5.92 Å². The van der Waals surface area contributed by atoms with Crippen molar-refractivity contribution in [3.63, 3.8) is 0 Å². The van der Waals surface area contributed by atoms with E-state index in [1.54, 1.807) is 75.5 Å². The summed E-state index contributed by atoms with van der Waals surface area (Å²) in [5.74, 6) is -7.06. The van der Waals surface area contributed by atoms with Crippen LogP contribution in [0.2, 0.25) is 0 Å². The number of thiophene rings is 1. The minimum absolute atomic E-state index is 0.0151. The molecule has 3 aliphatic heterocycles. The van der Waals surface area contributed by atoms with Crippen LogP contribution in [0.5, 0.6) is 0 Å². The number of hydrogen-bond acceptors (Lipinski definition) is 32. The molecule has 3 aromatic carbocycles. The van der Waals surface area contributed by atoms with Crippen molar-refractivity contribution in [3.05, 3.63) is 264 Å². The summed E-state index contributed by atoms with van der Waals surface area (Å²) in [6.07, 6.45) is 12.7. The number of halogens is 2. The number of methoxy groups -OCH3 is 1. The Balaban J connectivity index is 0.000000748. The van der Waals surface area contributed by atoms with Crippen LogP contribution in [-0.2, 0) is 132 Å². The summed E-state index contributed by atoms with van der Waals surface area (Å²) >= 11 is 15.2. The Morgan fingerprint density at radius 2 is 0.742 bits per heavy atom. The fraction of sp³-hybridized carbons (Fsp3) is 0.367. The molecule has 29 nitrogen and oxygen atoms in total. The summed E-state index contributed by atoms with van der Waals surface area (Å²) in [7, 11) is 1.18. The molecule has 0 spiro atoms. The Hall–Kier alpha value is -12.2. The minimum atomic E-state index is -0.731. The third kappa shape index (κ3) is 47.6. The largest absolute Gasteiger partial charge is 0.465 e. The SMILES string of the molecule is C=C(C(=O)CCl)C(=O)OC.C=C(C(=O)CCl)C(=O)OCC.C=C(C(=O)Cc1ccccc1)C(=O)OCC.C=C(C(=O)Cc1ccccc1)C(=O)OCC1CCCS1.C=C(C(=O)OCC)C(=O)c1ccco1.C=C(C(=O)OCC)C(=O)c1cccs1.C=C(C(=O)OCC1CCCC1)C(=O)c1ccccc1.C=C(C(C)=O)C(=O)OCC1CCCO1.C=C(C(C)=O)C(=O)OCC1CCCS1. The molecule has 34 heteroatoms. The van der Waals surface area contributed by atoms with Gasteiger partial charge in [0.2, 0.25) is 11.6 Å². The van der Waals surface area contributed by atoms with Crippen LogP contribution >= 0.6 is 58.1 Å². The van der Waals surface area contributed by atoms with Gasteiger partial charge in [0.05, 0.1) is 103 Å². The van der Waals surface area contributed by atoms with Crippen LogP contribution in [0.25, 0.3) is 0 Å². The molecule has 2 aromatic heterocycles. The van der Waals surface area contributed by atoms with Gasteiger partial charge >= 0.3 is 53.7 Å². The van der Waals surface area contributed by atoms with E-state index in [2.05, 4.69) is 78.2 Å². The van der Waals surface area contributed by atoms with Crippen LogP contribution in [0.3, 0.4) is 0 Å². The summed E-state index contributed by atoms with van der Waals surface area (Å²) < 4.78 is 53.0. The smallest absolute Gasteiger partial charge is 0.341 e. The number of ketones is 9. The van der Waals surface area contributed by atoms with Gasteiger partial charge in [0, 0.05) is 35.5 Å². The first kappa shape index (κ1) is 118. The molecule has 0 amide bonds. The average molecular weight is 1920 g/mol. The molecule has 0 radical (unpaired) electrons. The van der Waals surface area contributed by atoms with Gasteiger partial charge in [-0.3, -0.25) is 43.2 Å². The molecule has 132 heavy (non-hydrogen) atoms. The van der Waals surface area contributed by atoms with Crippen molar-refractivity contribution >= 4 is 164 Å². The topological polar surface area (TPSA) is 413 Å². The monoisotopic (exact) mass is 1920 g/mol. The Bertz CT molecular complexity index is 4650. The van der Waals surface area contributed by atoms with Gasteiger partial charge in [-0.05, 0) is 145 Å². The zero-order valence-electron chi connectivity index (χ0n) is 75.3. The van der Waals surface area contributed by atoms with Crippen molar-refractivity contribution in [3.8, 4) is 0 Å². The van der Waals surface area contributed by atoms with Gasteiger partial charge in [-0.25, -0.2) is 43.2 Å². The third-order valence-corrected chi connectivity index (χ3v) is 22.0. The predicted octanol–water partition coefficient (Wildman–Crippen LogP) is 15.4. The predicted molar refractivity (Wildman–Crippen MR) is 502 cm³/mol. The van der Waals surface area contributed by atoms with Gasteiger partial charge in [-0.2, -0.15) is 23.5 Å². The first-order valence-electron chi connectivity index (χ1n) is 41.4. The number of thioether (sulfide) groups is 2.